The van der Waals surface area contributed by atoms with Crippen LogP contribution in [0.1, 0.15) is 12.5 Å². The Kier molecular flexibility index (Phi) is 5.91. The van der Waals surface area contributed by atoms with Gasteiger partial charge >= 0.3 is 0 Å². The van der Waals surface area contributed by atoms with Gasteiger partial charge in [0.15, 0.2) is 0 Å². The largest absolute Gasteiger partial charge is 0.307 e. The predicted molar refractivity (Wildman–Crippen MR) is 48.3 cm³/mol. The number of carbonyl (C=O) groups excluding carboxylic acids is 1. The van der Waals surface area contributed by atoms with Gasteiger partial charge in [-0.15, -0.1) is 0 Å². The van der Waals surface area contributed by atoms with Crippen LogP contribution in [0.5, 0.6) is 0 Å². The fourth-order valence-corrected chi connectivity index (χ4v) is 0.757. The molecule has 0 N–H and O–H groups in total. The van der Waals surface area contributed by atoms with Gasteiger partial charge in [-0.3, -0.25) is 0 Å². The summed E-state index contributed by atoms with van der Waals surface area (Å²) < 4.78 is 0. The monoisotopic (exact) mass is 148 g/mol. The minimum absolute atomic E-state index is 1.26. The summed E-state index contributed by atoms with van der Waals surface area (Å²) in [5, 5.41) is 0. The average molecular weight is 148 g/mol. The average Bonchev–Trinajstić information content (AvgIpc) is 2.11. The van der Waals surface area contributed by atoms with E-state index < -0.39 is 0 Å². The third kappa shape index (κ3) is 4.09. The van der Waals surface area contributed by atoms with Crippen LogP contribution >= 0.6 is 0 Å². The number of allylic oxidation sites excluding steroid dienone is 1. The molecule has 0 amide bonds. The van der Waals surface area contributed by atoms with E-state index in [1.807, 2.05) is 38.0 Å². The minimum atomic E-state index is 1.26. The summed E-state index contributed by atoms with van der Waals surface area (Å²) in [6, 6.07) is 10.3. The first-order valence-electron chi connectivity index (χ1n) is 3.40. The van der Waals surface area contributed by atoms with Gasteiger partial charge in [0.05, 0.1) is 0 Å². The lowest BCUT2D eigenvalue weighted by atomic mass is 10.2. The molecule has 0 radical (unpaired) electrons. The van der Waals surface area contributed by atoms with Crippen molar-refractivity contribution in [1.29, 1.82) is 0 Å². The maximum Gasteiger partial charge on any atom is 0.106 e. The second kappa shape index (κ2) is 6.75. The van der Waals surface area contributed by atoms with Crippen LogP contribution in [0.15, 0.2) is 36.4 Å². The highest BCUT2D eigenvalue weighted by Gasteiger charge is 1.77. The molecule has 1 heteroatoms. The zero-order chi connectivity index (χ0) is 8.53. The zero-order valence-electron chi connectivity index (χ0n) is 6.66. The highest BCUT2D eigenvalue weighted by Crippen LogP contribution is 1.99. The fraction of sp³-hybridized carbons (Fsp3) is 0.100. The number of hydrogen-bond donors (Lipinski definition) is 0. The summed E-state index contributed by atoms with van der Waals surface area (Å²) >= 11 is 0. The first-order chi connectivity index (χ1) is 5.43. The van der Waals surface area contributed by atoms with Gasteiger partial charge in [0.2, 0.25) is 0 Å². The fourth-order valence-electron chi connectivity index (χ4n) is 0.757. The third-order valence-corrected chi connectivity index (χ3v) is 1.16. The summed E-state index contributed by atoms with van der Waals surface area (Å²) in [7, 11) is 0. The van der Waals surface area contributed by atoms with Crippen molar-refractivity contribution in [3.8, 4) is 0 Å². The van der Waals surface area contributed by atoms with E-state index in [4.69, 9.17) is 4.79 Å². The highest BCUT2D eigenvalue weighted by atomic mass is 16.1. The molecular weight excluding hydrogens is 136 g/mol. The molecule has 0 fully saturated rings. The number of carbonyl (C=O) groups is 1. The number of hydrogen-bond acceptors (Lipinski definition) is 1. The molecule has 0 atom stereocenters. The maximum atomic E-state index is 8.00. The Morgan fingerprint density at radius 3 is 2.18 bits per heavy atom. The maximum absolute atomic E-state index is 8.00. The van der Waals surface area contributed by atoms with E-state index in [-0.39, 0.29) is 0 Å². The van der Waals surface area contributed by atoms with Gasteiger partial charge in [0, 0.05) is 0 Å². The van der Waals surface area contributed by atoms with Crippen molar-refractivity contribution in [2.24, 2.45) is 0 Å². The van der Waals surface area contributed by atoms with E-state index in [2.05, 4.69) is 18.2 Å². The van der Waals surface area contributed by atoms with Crippen LogP contribution in [0.25, 0.3) is 6.08 Å². The van der Waals surface area contributed by atoms with Crippen molar-refractivity contribution in [3.63, 3.8) is 0 Å². The van der Waals surface area contributed by atoms with Crippen molar-refractivity contribution < 1.29 is 4.79 Å². The van der Waals surface area contributed by atoms with Gasteiger partial charge in [-0.05, 0) is 12.5 Å². The molecule has 0 aliphatic rings. The smallest absolute Gasteiger partial charge is 0.106 e. The molecule has 1 aromatic carbocycles. The van der Waals surface area contributed by atoms with Crippen LogP contribution in [0, 0.1) is 0 Å². The number of rotatable bonds is 1. The van der Waals surface area contributed by atoms with Crippen molar-refractivity contribution in [2.45, 2.75) is 6.92 Å². The summed E-state index contributed by atoms with van der Waals surface area (Å²) in [4.78, 5) is 8.00. The Morgan fingerprint density at radius 1 is 1.18 bits per heavy atom. The SMILES string of the molecule is C/C=C/c1ccccc1.C=O. The first kappa shape index (κ1) is 9.63. The summed E-state index contributed by atoms with van der Waals surface area (Å²) in [6.07, 6.45) is 4.12. The van der Waals surface area contributed by atoms with Crippen LogP contribution in [-0.4, -0.2) is 6.79 Å². The molecule has 0 heterocycles. The van der Waals surface area contributed by atoms with E-state index in [0.717, 1.165) is 0 Å². The summed E-state index contributed by atoms with van der Waals surface area (Å²) in [5.74, 6) is 0. The van der Waals surface area contributed by atoms with Crippen LogP contribution in [0.3, 0.4) is 0 Å². The van der Waals surface area contributed by atoms with E-state index >= 15 is 0 Å². The van der Waals surface area contributed by atoms with Crippen molar-refractivity contribution in [2.75, 3.05) is 0 Å². The van der Waals surface area contributed by atoms with Crippen LogP contribution in [0.2, 0.25) is 0 Å². The van der Waals surface area contributed by atoms with Gasteiger partial charge in [-0.1, -0.05) is 42.5 Å². The standard InChI is InChI=1S/C9H10.CH2O/c1-2-6-9-7-4-3-5-8-9;1-2/h2-8H,1H3;1H2/b6-2+;. The topological polar surface area (TPSA) is 17.1 Å². The Morgan fingerprint density at radius 2 is 1.73 bits per heavy atom. The lowest BCUT2D eigenvalue weighted by molar-refractivity contribution is -0.0979. The van der Waals surface area contributed by atoms with Crippen LogP contribution < -0.4 is 0 Å². The first-order valence-corrected chi connectivity index (χ1v) is 3.40. The summed E-state index contributed by atoms with van der Waals surface area (Å²) in [5.41, 5.74) is 1.26. The molecule has 0 aromatic heterocycles. The highest BCUT2D eigenvalue weighted by molar-refractivity contribution is 5.47. The quantitative estimate of drug-likeness (QED) is 0.598. The second-order valence-corrected chi connectivity index (χ2v) is 1.91. The van der Waals surface area contributed by atoms with Gasteiger partial charge in [0.25, 0.3) is 0 Å². The molecule has 1 aromatic rings. The minimum Gasteiger partial charge on any atom is -0.307 e. The van der Waals surface area contributed by atoms with Crippen LogP contribution in [-0.2, 0) is 4.79 Å². The molecule has 0 saturated carbocycles. The lowest BCUT2D eigenvalue weighted by Crippen LogP contribution is -1.65. The molecule has 11 heavy (non-hydrogen) atoms. The van der Waals surface area contributed by atoms with Crippen molar-refractivity contribution in [1.82, 2.24) is 0 Å². The van der Waals surface area contributed by atoms with Gasteiger partial charge in [0.1, 0.15) is 6.79 Å². The Balaban J connectivity index is 0.000000461. The van der Waals surface area contributed by atoms with E-state index in [9.17, 15) is 0 Å². The van der Waals surface area contributed by atoms with Gasteiger partial charge in [-0.25, -0.2) is 0 Å². The van der Waals surface area contributed by atoms with E-state index in [0.29, 0.717) is 0 Å². The Hall–Kier alpha value is -1.37. The van der Waals surface area contributed by atoms with E-state index in [1.54, 1.807) is 0 Å². The molecular formula is C10H12O. The molecule has 1 rings (SSSR count). The Labute approximate surface area is 67.4 Å². The molecule has 0 aliphatic heterocycles. The predicted octanol–water partition coefficient (Wildman–Crippen LogP) is 2.53. The second-order valence-electron chi connectivity index (χ2n) is 1.91. The normalized spacial score (nSPS) is 8.82. The summed E-state index contributed by atoms with van der Waals surface area (Å²) in [6.45, 7) is 4.02. The lowest BCUT2D eigenvalue weighted by Gasteiger charge is -1.86. The van der Waals surface area contributed by atoms with Gasteiger partial charge in [-0.2, -0.15) is 0 Å². The van der Waals surface area contributed by atoms with Gasteiger partial charge < -0.3 is 4.79 Å². The van der Waals surface area contributed by atoms with Crippen LogP contribution in [0.4, 0.5) is 0 Å². The third-order valence-electron chi connectivity index (χ3n) is 1.16. The van der Waals surface area contributed by atoms with Crippen molar-refractivity contribution >= 4 is 12.9 Å². The molecule has 0 bridgehead atoms. The van der Waals surface area contributed by atoms with E-state index in [1.165, 1.54) is 5.56 Å². The molecule has 0 aliphatic carbocycles. The number of benzene rings is 1. The molecule has 58 valence electrons. The Bertz CT molecular complexity index is 201. The molecule has 0 saturated heterocycles. The molecule has 1 nitrogen and oxygen atoms in total. The molecule has 0 unspecified atom stereocenters. The zero-order valence-corrected chi connectivity index (χ0v) is 6.66. The van der Waals surface area contributed by atoms with Crippen molar-refractivity contribution in [3.05, 3.63) is 42.0 Å². The molecule has 0 spiro atoms.